The van der Waals surface area contributed by atoms with Crippen LogP contribution in [0.15, 0.2) is 40.3 Å². The van der Waals surface area contributed by atoms with Crippen LogP contribution in [-0.4, -0.2) is 39.9 Å². The van der Waals surface area contributed by atoms with Crippen LogP contribution in [0.5, 0.6) is 0 Å². The predicted molar refractivity (Wildman–Crippen MR) is 131 cm³/mol. The van der Waals surface area contributed by atoms with Crippen LogP contribution < -0.4 is 11.1 Å². The minimum Gasteiger partial charge on any atom is -0.444 e. The maximum Gasteiger partial charge on any atom is 0.407 e. The van der Waals surface area contributed by atoms with Crippen molar-refractivity contribution < 1.29 is 15.7 Å². The first-order chi connectivity index (χ1) is 16.1. The van der Waals surface area contributed by atoms with E-state index >= 15 is 0 Å². The Hall–Kier alpha value is -3.20. The number of ether oxygens (including phenoxy) is 1. The van der Waals surface area contributed by atoms with E-state index in [0.717, 1.165) is 12.0 Å². The number of nitrogens with two attached hydrogens (primary N) is 1. The smallest absolute Gasteiger partial charge is 0.407 e. The molecule has 8 nitrogen and oxygen atoms in total. The molecule has 0 aliphatic carbocycles. The molecular weight excluding hydrogens is 438 g/mol. The standard InChI is InChI=1S/C24H31N5O3S/c1-5-9-29(22(30)17-11-20-19(8-10-33-20)28-21(25)12-17)15-16-6-7-18(26-13-16)14-27-23(31)32-24(2,3)4/h6-8,10-11,13H,5,9,12,14-15H2,1-4H3,(H2,25,28)(H,27,31)/i11D. The van der Waals surface area contributed by atoms with Crippen molar-refractivity contribution in [2.45, 2.75) is 59.2 Å². The molecule has 9 heteroatoms. The largest absolute Gasteiger partial charge is 0.444 e. The van der Waals surface area contributed by atoms with E-state index in [4.69, 9.17) is 11.8 Å². The number of carbonyl (C=O) groups is 2. The molecule has 2 aromatic rings. The molecule has 2 amide bonds. The van der Waals surface area contributed by atoms with Gasteiger partial charge in [-0.05, 0) is 56.3 Å². The molecule has 0 saturated heterocycles. The van der Waals surface area contributed by atoms with Crippen molar-refractivity contribution in [3.05, 3.63) is 51.5 Å². The van der Waals surface area contributed by atoms with Crippen molar-refractivity contribution in [2.75, 3.05) is 6.54 Å². The summed E-state index contributed by atoms with van der Waals surface area (Å²) in [5.74, 6) is 0.104. The molecule has 0 saturated carbocycles. The number of fused-ring (bicyclic) bond motifs is 1. The van der Waals surface area contributed by atoms with Gasteiger partial charge in [-0.3, -0.25) is 9.78 Å². The van der Waals surface area contributed by atoms with Gasteiger partial charge in [0, 0.05) is 31.3 Å². The zero-order valence-corrected chi connectivity index (χ0v) is 20.3. The molecule has 0 bridgehead atoms. The molecule has 33 heavy (non-hydrogen) atoms. The Kier molecular flexibility index (Phi) is 7.39. The number of rotatable bonds is 7. The average molecular weight is 471 g/mol. The molecular formula is C24H31N5O3S. The van der Waals surface area contributed by atoms with Crippen LogP contribution >= 0.6 is 11.3 Å². The molecule has 3 rings (SSSR count). The highest BCUT2D eigenvalue weighted by Crippen LogP contribution is 2.31. The molecule has 3 heterocycles. The van der Waals surface area contributed by atoms with E-state index in [0.29, 0.717) is 40.8 Å². The van der Waals surface area contributed by atoms with Gasteiger partial charge in [0.25, 0.3) is 5.91 Å². The normalized spacial score (nSPS) is 14.1. The van der Waals surface area contributed by atoms with E-state index < -0.39 is 11.7 Å². The molecule has 0 aromatic carbocycles. The van der Waals surface area contributed by atoms with Crippen molar-refractivity contribution in [2.24, 2.45) is 10.7 Å². The third-order valence-electron chi connectivity index (χ3n) is 4.64. The number of hydrogen-bond donors (Lipinski definition) is 2. The summed E-state index contributed by atoms with van der Waals surface area (Å²) in [5.41, 5.74) is 7.99. The number of aromatic nitrogens is 1. The monoisotopic (exact) mass is 470 g/mol. The van der Waals surface area contributed by atoms with Gasteiger partial charge in [-0.25, -0.2) is 9.79 Å². The number of hydrogen-bond acceptors (Lipinski definition) is 7. The molecule has 0 atom stereocenters. The molecule has 176 valence electrons. The van der Waals surface area contributed by atoms with E-state index in [1.165, 1.54) is 11.3 Å². The van der Waals surface area contributed by atoms with E-state index in [1.54, 1.807) is 31.9 Å². The van der Waals surface area contributed by atoms with Crippen LogP contribution in [0.2, 0.25) is 0 Å². The molecule has 1 aliphatic heterocycles. The maximum atomic E-state index is 13.5. The third-order valence-corrected chi connectivity index (χ3v) is 5.46. The summed E-state index contributed by atoms with van der Waals surface area (Å²) in [7, 11) is 0. The van der Waals surface area contributed by atoms with Gasteiger partial charge in [-0.1, -0.05) is 13.0 Å². The molecule has 0 radical (unpaired) electrons. The number of amides is 2. The van der Waals surface area contributed by atoms with Crippen molar-refractivity contribution in [1.82, 2.24) is 15.2 Å². The lowest BCUT2D eigenvalue weighted by Crippen LogP contribution is -2.33. The third kappa shape index (κ3) is 7.15. The second-order valence-electron chi connectivity index (χ2n) is 8.76. The lowest BCUT2D eigenvalue weighted by molar-refractivity contribution is -0.127. The fraction of sp³-hybridized carbons (Fsp3) is 0.417. The number of pyridine rings is 1. The molecule has 1 aliphatic rings. The highest BCUT2D eigenvalue weighted by atomic mass is 32.1. The van der Waals surface area contributed by atoms with Crippen LogP contribution in [0.25, 0.3) is 6.05 Å². The summed E-state index contributed by atoms with van der Waals surface area (Å²) in [6, 6.07) is 5.68. The average Bonchev–Trinajstić information content (AvgIpc) is 3.18. The van der Waals surface area contributed by atoms with Gasteiger partial charge >= 0.3 is 6.09 Å². The number of amidine groups is 1. The summed E-state index contributed by atoms with van der Waals surface area (Å²) >= 11 is 1.38. The van der Waals surface area contributed by atoms with Crippen LogP contribution in [0.4, 0.5) is 10.5 Å². The number of nitrogens with one attached hydrogen (secondary N) is 1. The number of nitrogens with zero attached hydrogens (tertiary/aromatic N) is 3. The Morgan fingerprint density at radius 3 is 2.79 bits per heavy atom. The van der Waals surface area contributed by atoms with Crippen LogP contribution in [-0.2, 0) is 22.6 Å². The van der Waals surface area contributed by atoms with Crippen molar-refractivity contribution in [1.29, 1.82) is 0 Å². The topological polar surface area (TPSA) is 110 Å². The summed E-state index contributed by atoms with van der Waals surface area (Å²) < 4.78 is 13.8. The van der Waals surface area contributed by atoms with Gasteiger partial charge in [0.2, 0.25) is 0 Å². The maximum absolute atomic E-state index is 13.5. The highest BCUT2D eigenvalue weighted by Gasteiger charge is 2.22. The highest BCUT2D eigenvalue weighted by molar-refractivity contribution is 7.11. The summed E-state index contributed by atoms with van der Waals surface area (Å²) in [4.78, 5) is 36.4. The lowest BCUT2D eigenvalue weighted by atomic mass is 10.1. The molecule has 0 spiro atoms. The Labute approximate surface area is 200 Å². The molecule has 3 N–H and O–H groups in total. The second kappa shape index (κ2) is 10.6. The van der Waals surface area contributed by atoms with E-state index in [1.807, 2.05) is 30.5 Å². The van der Waals surface area contributed by atoms with Crippen molar-refractivity contribution in [3.63, 3.8) is 0 Å². The van der Waals surface area contributed by atoms with Crippen LogP contribution in [0.1, 0.15) is 58.0 Å². The first-order valence-electron chi connectivity index (χ1n) is 11.4. The summed E-state index contributed by atoms with van der Waals surface area (Å²) in [6.07, 6.45) is 2.11. The number of thiophene rings is 1. The van der Waals surface area contributed by atoms with E-state index in [9.17, 15) is 9.59 Å². The predicted octanol–water partition coefficient (Wildman–Crippen LogP) is 4.38. The van der Waals surface area contributed by atoms with Crippen LogP contribution in [0, 0.1) is 0 Å². The van der Waals surface area contributed by atoms with Gasteiger partial charge in [0.05, 0.1) is 24.2 Å². The van der Waals surface area contributed by atoms with Gasteiger partial charge < -0.3 is 20.7 Å². The van der Waals surface area contributed by atoms with Crippen molar-refractivity contribution >= 4 is 40.9 Å². The number of aliphatic imine (C=N–C) groups is 1. The summed E-state index contributed by atoms with van der Waals surface area (Å²) in [5, 5.41) is 4.53. The summed E-state index contributed by atoms with van der Waals surface area (Å²) in [6.45, 7) is 8.54. The quantitative estimate of drug-likeness (QED) is 0.624. The SMILES string of the molecule is [2H]C1=C(C(=O)N(CCC)Cc2ccc(CNC(=O)OC(C)(C)C)nc2)CC(N)=Nc2ccsc21. The Morgan fingerprint density at radius 1 is 1.33 bits per heavy atom. The number of carbonyl (C=O) groups excluding carboxylic acids is 2. The first-order valence-corrected chi connectivity index (χ1v) is 11.8. The lowest BCUT2D eigenvalue weighted by Gasteiger charge is -2.23. The van der Waals surface area contributed by atoms with Crippen LogP contribution in [0.3, 0.4) is 0 Å². The van der Waals surface area contributed by atoms with E-state index in [-0.39, 0.29) is 24.9 Å². The zero-order chi connectivity index (χ0) is 24.9. The second-order valence-corrected chi connectivity index (χ2v) is 9.67. The molecule has 2 aromatic heterocycles. The van der Waals surface area contributed by atoms with Gasteiger partial charge in [0.15, 0.2) is 0 Å². The fourth-order valence-corrected chi connectivity index (χ4v) is 3.98. The van der Waals surface area contributed by atoms with Gasteiger partial charge in [-0.2, -0.15) is 0 Å². The Bertz CT molecular complexity index is 1100. The zero-order valence-electron chi connectivity index (χ0n) is 20.5. The van der Waals surface area contributed by atoms with Crippen molar-refractivity contribution in [3.8, 4) is 0 Å². The fourth-order valence-electron chi connectivity index (χ4n) is 3.23. The van der Waals surface area contributed by atoms with Gasteiger partial charge in [0.1, 0.15) is 11.4 Å². The molecule has 0 unspecified atom stereocenters. The minimum atomic E-state index is -0.566. The van der Waals surface area contributed by atoms with E-state index in [2.05, 4.69) is 15.3 Å². The Morgan fingerprint density at radius 2 is 2.12 bits per heavy atom. The number of alkyl carbamates (subject to hydrolysis) is 1. The first kappa shape index (κ1) is 23.0. The minimum absolute atomic E-state index is 0.146. The molecule has 0 fully saturated rings. The van der Waals surface area contributed by atoms with Gasteiger partial charge in [-0.15, -0.1) is 11.3 Å². The Balaban J connectivity index is 1.70.